The van der Waals surface area contributed by atoms with Crippen LogP contribution in [0.5, 0.6) is 0 Å². The van der Waals surface area contributed by atoms with Gasteiger partial charge in [0.1, 0.15) is 12.2 Å². The number of alkyl halides is 3. The Balaban J connectivity index is 2.30. The van der Waals surface area contributed by atoms with Crippen LogP contribution in [-0.2, 0) is 14.2 Å². The molecular weight excluding hydrogens is 303 g/mol. The number of ether oxygens (including phenoxy) is 3. The zero-order valence-corrected chi connectivity index (χ0v) is 13.5. The fourth-order valence-electron chi connectivity index (χ4n) is 2.07. The molecule has 1 saturated heterocycles. The first-order valence-corrected chi connectivity index (χ1v) is 7.17. The molecule has 1 atom stereocenters. The minimum Gasteiger partial charge on any atom is -0.444 e. The van der Waals surface area contributed by atoms with E-state index in [0.717, 1.165) is 0 Å². The van der Waals surface area contributed by atoms with Crippen LogP contribution in [0.1, 0.15) is 34.1 Å². The van der Waals surface area contributed by atoms with Crippen molar-refractivity contribution in [3.63, 3.8) is 0 Å². The zero-order valence-electron chi connectivity index (χ0n) is 13.5. The average Bonchev–Trinajstić information content (AvgIpc) is 2.68. The van der Waals surface area contributed by atoms with Crippen molar-refractivity contribution in [2.75, 3.05) is 32.9 Å². The van der Waals surface area contributed by atoms with E-state index in [1.54, 1.807) is 25.7 Å². The molecule has 1 unspecified atom stereocenters. The standard InChI is InChI=1S/C14H24F3NO4/c1-12(2,3)22-11(19)18-6-5-13(4,9-18)21-8-7-20-10-14(15,16)17/h5-10H2,1-4H3. The van der Waals surface area contributed by atoms with Gasteiger partial charge in [-0.3, -0.25) is 0 Å². The van der Waals surface area contributed by atoms with Crippen LogP contribution in [0.2, 0.25) is 0 Å². The number of carbonyl (C=O) groups excluding carboxylic acids is 1. The summed E-state index contributed by atoms with van der Waals surface area (Å²) in [6.45, 7) is 6.66. The molecule has 8 heteroatoms. The Kier molecular flexibility index (Phi) is 6.09. The second-order valence-electron chi connectivity index (χ2n) is 6.62. The normalized spacial score (nSPS) is 23.0. The molecule has 1 fully saturated rings. The molecule has 130 valence electrons. The van der Waals surface area contributed by atoms with Gasteiger partial charge in [0.05, 0.1) is 25.4 Å². The van der Waals surface area contributed by atoms with Crippen molar-refractivity contribution in [2.45, 2.75) is 51.5 Å². The van der Waals surface area contributed by atoms with Crippen molar-refractivity contribution >= 4 is 6.09 Å². The first-order chi connectivity index (χ1) is 9.90. The van der Waals surface area contributed by atoms with Crippen LogP contribution in [0, 0.1) is 0 Å². The van der Waals surface area contributed by atoms with Gasteiger partial charge in [0.25, 0.3) is 0 Å². The maximum Gasteiger partial charge on any atom is 0.411 e. The Labute approximate surface area is 128 Å². The van der Waals surface area contributed by atoms with Crippen LogP contribution >= 0.6 is 0 Å². The third kappa shape index (κ3) is 7.31. The summed E-state index contributed by atoms with van der Waals surface area (Å²) >= 11 is 0. The average molecular weight is 327 g/mol. The van der Waals surface area contributed by atoms with Gasteiger partial charge in [-0.05, 0) is 34.1 Å². The number of hydrogen-bond acceptors (Lipinski definition) is 4. The fourth-order valence-corrected chi connectivity index (χ4v) is 2.07. The molecule has 22 heavy (non-hydrogen) atoms. The number of hydrogen-bond donors (Lipinski definition) is 0. The lowest BCUT2D eigenvalue weighted by Gasteiger charge is -2.27. The SMILES string of the molecule is CC(C)(C)OC(=O)N1CCC(C)(OCCOCC(F)(F)F)C1. The molecular formula is C14H24F3NO4. The van der Waals surface area contributed by atoms with Gasteiger partial charge in [0.2, 0.25) is 0 Å². The molecule has 0 aromatic carbocycles. The quantitative estimate of drug-likeness (QED) is 0.729. The molecule has 1 rings (SSSR count). The van der Waals surface area contributed by atoms with Crippen molar-refractivity contribution in [3.8, 4) is 0 Å². The third-order valence-corrected chi connectivity index (χ3v) is 3.03. The van der Waals surface area contributed by atoms with E-state index in [0.29, 0.717) is 19.5 Å². The Hall–Kier alpha value is -1.02. The first-order valence-electron chi connectivity index (χ1n) is 7.17. The lowest BCUT2D eigenvalue weighted by Crippen LogP contribution is -2.39. The Morgan fingerprint density at radius 3 is 2.41 bits per heavy atom. The van der Waals surface area contributed by atoms with E-state index in [1.807, 2.05) is 6.92 Å². The summed E-state index contributed by atoms with van der Waals surface area (Å²) in [5.41, 5.74) is -1.15. The molecule has 0 aromatic rings. The van der Waals surface area contributed by atoms with Crippen molar-refractivity contribution in [2.24, 2.45) is 0 Å². The fraction of sp³-hybridized carbons (Fsp3) is 0.929. The van der Waals surface area contributed by atoms with Gasteiger partial charge < -0.3 is 19.1 Å². The zero-order chi connectivity index (χ0) is 17.0. The lowest BCUT2D eigenvalue weighted by atomic mass is 10.1. The summed E-state index contributed by atoms with van der Waals surface area (Å²) < 4.78 is 51.1. The topological polar surface area (TPSA) is 48.0 Å². The lowest BCUT2D eigenvalue weighted by molar-refractivity contribution is -0.179. The maximum absolute atomic E-state index is 11.9. The van der Waals surface area contributed by atoms with Gasteiger partial charge in [-0.1, -0.05) is 0 Å². The number of carbonyl (C=O) groups is 1. The molecule has 0 aromatic heterocycles. The molecule has 0 aliphatic carbocycles. The highest BCUT2D eigenvalue weighted by atomic mass is 19.4. The van der Waals surface area contributed by atoms with Gasteiger partial charge in [0, 0.05) is 6.54 Å². The summed E-state index contributed by atoms with van der Waals surface area (Å²) in [7, 11) is 0. The van der Waals surface area contributed by atoms with Crippen LogP contribution in [0.15, 0.2) is 0 Å². The second kappa shape index (κ2) is 7.04. The van der Waals surface area contributed by atoms with E-state index in [-0.39, 0.29) is 13.2 Å². The van der Waals surface area contributed by atoms with E-state index in [1.165, 1.54) is 0 Å². The summed E-state index contributed by atoms with van der Waals surface area (Å²) in [5, 5.41) is 0. The smallest absolute Gasteiger partial charge is 0.411 e. The van der Waals surface area contributed by atoms with Gasteiger partial charge in [-0.2, -0.15) is 13.2 Å². The van der Waals surface area contributed by atoms with Crippen LogP contribution < -0.4 is 0 Å². The molecule has 1 aliphatic rings. The second-order valence-corrected chi connectivity index (χ2v) is 6.62. The minimum atomic E-state index is -4.33. The molecule has 1 aliphatic heterocycles. The number of halogens is 3. The summed E-state index contributed by atoms with van der Waals surface area (Å²) in [6, 6.07) is 0. The summed E-state index contributed by atoms with van der Waals surface area (Å²) in [6.07, 6.45) is -4.14. The van der Waals surface area contributed by atoms with Gasteiger partial charge in [0.15, 0.2) is 0 Å². The predicted octanol–water partition coefficient (Wildman–Crippen LogP) is 2.98. The highest BCUT2D eigenvalue weighted by Crippen LogP contribution is 2.26. The number of rotatable bonds is 5. The highest BCUT2D eigenvalue weighted by Gasteiger charge is 2.38. The highest BCUT2D eigenvalue weighted by molar-refractivity contribution is 5.68. The van der Waals surface area contributed by atoms with E-state index in [4.69, 9.17) is 9.47 Å². The third-order valence-electron chi connectivity index (χ3n) is 3.03. The first kappa shape index (κ1) is 19.0. The predicted molar refractivity (Wildman–Crippen MR) is 73.7 cm³/mol. The molecule has 1 heterocycles. The molecule has 1 amide bonds. The van der Waals surface area contributed by atoms with Crippen LogP contribution in [0.25, 0.3) is 0 Å². The van der Waals surface area contributed by atoms with Crippen LogP contribution in [-0.4, -0.2) is 61.3 Å². The number of amides is 1. The number of nitrogens with zero attached hydrogens (tertiary/aromatic N) is 1. The molecule has 0 saturated carbocycles. The van der Waals surface area contributed by atoms with Crippen molar-refractivity contribution in [1.82, 2.24) is 4.90 Å². The Bertz CT molecular complexity index is 381. The van der Waals surface area contributed by atoms with E-state index >= 15 is 0 Å². The van der Waals surface area contributed by atoms with Crippen molar-refractivity contribution in [3.05, 3.63) is 0 Å². The maximum atomic E-state index is 11.9. The van der Waals surface area contributed by atoms with Gasteiger partial charge in [-0.25, -0.2) is 4.79 Å². The van der Waals surface area contributed by atoms with E-state index < -0.39 is 30.1 Å². The van der Waals surface area contributed by atoms with Gasteiger partial charge in [-0.15, -0.1) is 0 Å². The summed E-state index contributed by atoms with van der Waals surface area (Å²) in [5.74, 6) is 0. The monoisotopic (exact) mass is 327 g/mol. The molecule has 0 spiro atoms. The van der Waals surface area contributed by atoms with Crippen LogP contribution in [0.3, 0.4) is 0 Å². The van der Waals surface area contributed by atoms with Gasteiger partial charge >= 0.3 is 12.3 Å². The minimum absolute atomic E-state index is 0.0503. The Morgan fingerprint density at radius 2 is 1.86 bits per heavy atom. The number of likely N-dealkylation sites (tertiary alicyclic amines) is 1. The molecule has 0 N–H and O–H groups in total. The molecule has 5 nitrogen and oxygen atoms in total. The van der Waals surface area contributed by atoms with Crippen molar-refractivity contribution < 1.29 is 32.2 Å². The molecule has 0 bridgehead atoms. The van der Waals surface area contributed by atoms with E-state index in [9.17, 15) is 18.0 Å². The largest absolute Gasteiger partial charge is 0.444 e. The Morgan fingerprint density at radius 1 is 1.23 bits per heavy atom. The van der Waals surface area contributed by atoms with E-state index in [2.05, 4.69) is 4.74 Å². The van der Waals surface area contributed by atoms with Crippen molar-refractivity contribution in [1.29, 1.82) is 0 Å². The molecule has 0 radical (unpaired) electrons. The summed E-state index contributed by atoms with van der Waals surface area (Å²) in [4.78, 5) is 13.5. The van der Waals surface area contributed by atoms with Crippen LogP contribution in [0.4, 0.5) is 18.0 Å².